The van der Waals surface area contributed by atoms with Crippen LogP contribution in [-0.2, 0) is 23.3 Å². The Labute approximate surface area is 211 Å². The summed E-state index contributed by atoms with van der Waals surface area (Å²) in [5.74, 6) is -3.67. The first-order valence-corrected chi connectivity index (χ1v) is 13.1. The summed E-state index contributed by atoms with van der Waals surface area (Å²) in [7, 11) is -4.05. The Morgan fingerprint density at radius 2 is 2.00 bits per heavy atom. The molecule has 15 heteroatoms. The number of alkyl halides is 1. The van der Waals surface area contributed by atoms with E-state index in [4.69, 9.17) is 29.0 Å². The lowest BCUT2D eigenvalue weighted by molar-refractivity contribution is -0.262. The maximum Gasteiger partial charge on any atom is 0.459 e. The van der Waals surface area contributed by atoms with Crippen molar-refractivity contribution in [3.05, 3.63) is 47.0 Å². The van der Waals surface area contributed by atoms with Crippen LogP contribution in [0.15, 0.2) is 41.5 Å². The molecule has 0 saturated carbocycles. The highest BCUT2D eigenvalue weighted by molar-refractivity contribution is 7.52. The van der Waals surface area contributed by atoms with Crippen molar-refractivity contribution >= 4 is 24.9 Å². The zero-order chi connectivity index (χ0) is 26.6. The molecular formula is C22H28FN6O7P. The molecule has 37 heavy (non-hydrogen) atoms. The summed E-state index contributed by atoms with van der Waals surface area (Å²) >= 11 is 0. The molecule has 5 rings (SSSR count). The molecule has 5 atom stereocenters. The Kier molecular flexibility index (Phi) is 6.37. The number of nitrogens with zero attached hydrogens (tertiary/aromatic N) is 3. The molecule has 2 saturated heterocycles. The predicted molar refractivity (Wildman–Crippen MR) is 129 cm³/mol. The highest BCUT2D eigenvalue weighted by atomic mass is 31.2. The van der Waals surface area contributed by atoms with Crippen LogP contribution in [0.5, 0.6) is 5.75 Å². The van der Waals surface area contributed by atoms with Gasteiger partial charge in [-0.25, -0.2) is 19.0 Å². The fraction of sp³-hybridized carbons (Fsp3) is 0.500. The van der Waals surface area contributed by atoms with Crippen molar-refractivity contribution in [1.82, 2.24) is 24.6 Å². The Balaban J connectivity index is 1.45. The normalized spacial score (nSPS) is 28.4. The number of halogens is 1. The molecule has 3 aromatic rings. The van der Waals surface area contributed by atoms with Gasteiger partial charge >= 0.3 is 7.75 Å². The number of H-pyrrole nitrogens is 1. The highest BCUT2D eigenvalue weighted by Crippen LogP contribution is 2.52. The van der Waals surface area contributed by atoms with Crippen molar-refractivity contribution in [1.29, 1.82) is 0 Å². The van der Waals surface area contributed by atoms with E-state index < -0.39 is 50.0 Å². The number of aromatic nitrogens is 4. The highest BCUT2D eigenvalue weighted by Gasteiger charge is 2.65. The topological polar surface area (TPSA) is 165 Å². The second-order valence-corrected chi connectivity index (χ2v) is 11.2. The fourth-order valence-electron chi connectivity index (χ4n) is 4.33. The molecule has 2 unspecified atom stereocenters. The molecule has 0 bridgehead atoms. The van der Waals surface area contributed by atoms with Crippen molar-refractivity contribution in [2.24, 2.45) is 0 Å². The molecule has 4 heterocycles. The van der Waals surface area contributed by atoms with Crippen molar-refractivity contribution in [2.75, 3.05) is 12.3 Å². The Hall–Kier alpha value is -2.87. The molecule has 1 aromatic carbocycles. The van der Waals surface area contributed by atoms with Crippen LogP contribution in [0.2, 0.25) is 0 Å². The van der Waals surface area contributed by atoms with Gasteiger partial charge in [-0.05, 0) is 39.8 Å². The van der Waals surface area contributed by atoms with Gasteiger partial charge in [0.25, 0.3) is 11.4 Å². The lowest BCUT2D eigenvalue weighted by Crippen LogP contribution is -2.43. The van der Waals surface area contributed by atoms with Gasteiger partial charge in [-0.2, -0.15) is 4.98 Å². The number of hydrogen-bond acceptors (Lipinski definition) is 10. The second kappa shape index (κ2) is 9.15. The Bertz CT molecular complexity index is 1400. The summed E-state index contributed by atoms with van der Waals surface area (Å²) < 4.78 is 60.1. The van der Waals surface area contributed by atoms with Gasteiger partial charge < -0.3 is 24.5 Å². The molecule has 0 aliphatic carbocycles. The Morgan fingerprint density at radius 1 is 1.27 bits per heavy atom. The molecule has 200 valence electrons. The third-order valence-corrected chi connectivity index (χ3v) is 7.45. The SMILES string of the molecule is CC(C)NP(=O)(OC[C@@]1(F)O[C@@H](n2cnc3c(=O)[nH]c(N)nc32)[C@H]2OC(C)(C)OC21)Oc1ccccc1. The van der Waals surface area contributed by atoms with Crippen LogP contribution < -0.4 is 20.9 Å². The largest absolute Gasteiger partial charge is 0.459 e. The third kappa shape index (κ3) is 5.00. The van der Waals surface area contributed by atoms with E-state index >= 15 is 4.39 Å². The molecule has 2 aliphatic heterocycles. The minimum atomic E-state index is -4.05. The molecule has 2 aliphatic rings. The van der Waals surface area contributed by atoms with Gasteiger partial charge in [0.1, 0.15) is 18.5 Å². The molecule has 0 amide bonds. The molecule has 0 radical (unpaired) electrons. The van der Waals surface area contributed by atoms with Gasteiger partial charge in [0.15, 0.2) is 29.3 Å². The zero-order valence-electron chi connectivity index (χ0n) is 20.6. The second-order valence-electron chi connectivity index (χ2n) is 9.55. The lowest BCUT2D eigenvalue weighted by atomic mass is 10.1. The smallest absolute Gasteiger partial charge is 0.413 e. The minimum Gasteiger partial charge on any atom is -0.413 e. The molecule has 13 nitrogen and oxygen atoms in total. The van der Waals surface area contributed by atoms with Crippen LogP contribution in [-0.4, -0.2) is 56.0 Å². The first kappa shape index (κ1) is 25.8. The van der Waals surface area contributed by atoms with Gasteiger partial charge in [0, 0.05) is 6.04 Å². The summed E-state index contributed by atoms with van der Waals surface area (Å²) in [4.78, 5) is 22.8. The van der Waals surface area contributed by atoms with E-state index in [-0.39, 0.29) is 28.9 Å². The standard InChI is InChI=1S/C22H28FN6O7P/c1-12(2)28-37(31,36-13-8-6-5-7-9-13)32-10-22(23)16-15(33-21(3,4)34-16)19(35-22)29-11-25-14-17(29)26-20(24)27-18(14)30/h5-9,11-12,15-16,19H,10H2,1-4H3,(H,28,31)(H3,24,26,27,30)/t15-,16?,19+,22+,37?/m0/s1. The van der Waals surface area contributed by atoms with Crippen LogP contribution >= 0.6 is 7.75 Å². The molecule has 2 aromatic heterocycles. The zero-order valence-corrected chi connectivity index (χ0v) is 21.5. The first-order valence-electron chi connectivity index (χ1n) is 11.6. The number of para-hydroxylation sites is 1. The molecule has 0 spiro atoms. The van der Waals surface area contributed by atoms with E-state index in [1.54, 1.807) is 58.0 Å². The summed E-state index contributed by atoms with van der Waals surface area (Å²) in [6.07, 6.45) is -2.16. The number of anilines is 1. The Morgan fingerprint density at radius 3 is 2.70 bits per heavy atom. The van der Waals surface area contributed by atoms with Crippen LogP contribution in [0, 0.1) is 0 Å². The monoisotopic (exact) mass is 538 g/mol. The summed E-state index contributed by atoms with van der Waals surface area (Å²) in [5.41, 5.74) is 5.20. The first-order chi connectivity index (χ1) is 17.4. The van der Waals surface area contributed by atoms with Crippen molar-refractivity contribution in [2.45, 2.75) is 63.8 Å². The number of imidazole rings is 1. The molecule has 4 N–H and O–H groups in total. The predicted octanol–water partition coefficient (Wildman–Crippen LogP) is 2.62. The lowest BCUT2D eigenvalue weighted by Gasteiger charge is -2.30. The summed E-state index contributed by atoms with van der Waals surface area (Å²) in [5, 5.41) is 2.74. The van der Waals surface area contributed by atoms with Crippen molar-refractivity contribution in [3.8, 4) is 5.75 Å². The van der Waals surface area contributed by atoms with E-state index in [1.165, 1.54) is 10.9 Å². The van der Waals surface area contributed by atoms with Crippen LogP contribution in [0.1, 0.15) is 33.9 Å². The van der Waals surface area contributed by atoms with Gasteiger partial charge in [-0.15, -0.1) is 0 Å². The van der Waals surface area contributed by atoms with E-state index in [2.05, 4.69) is 20.0 Å². The van der Waals surface area contributed by atoms with Gasteiger partial charge in [-0.1, -0.05) is 18.2 Å². The number of nitrogens with two attached hydrogens (primary N) is 1. The number of rotatable bonds is 8. The summed E-state index contributed by atoms with van der Waals surface area (Å²) in [6.45, 7) is 5.92. The maximum absolute atomic E-state index is 16.5. The number of aromatic amines is 1. The average molecular weight is 538 g/mol. The third-order valence-electron chi connectivity index (χ3n) is 5.69. The van der Waals surface area contributed by atoms with Crippen LogP contribution in [0.25, 0.3) is 11.2 Å². The number of nitrogens with one attached hydrogen (secondary N) is 2. The number of hydrogen-bond donors (Lipinski definition) is 3. The number of fused-ring (bicyclic) bond motifs is 2. The summed E-state index contributed by atoms with van der Waals surface area (Å²) in [6, 6.07) is 8.06. The van der Waals surface area contributed by atoms with E-state index in [0.717, 1.165) is 0 Å². The number of ether oxygens (including phenoxy) is 3. The molecule has 2 fully saturated rings. The minimum absolute atomic E-state index is 0.0120. The van der Waals surface area contributed by atoms with Crippen LogP contribution in [0.3, 0.4) is 0 Å². The van der Waals surface area contributed by atoms with E-state index in [9.17, 15) is 9.36 Å². The number of benzene rings is 1. The quantitative estimate of drug-likeness (QED) is 0.361. The van der Waals surface area contributed by atoms with E-state index in [1.807, 2.05) is 0 Å². The van der Waals surface area contributed by atoms with Crippen molar-refractivity contribution < 1.29 is 32.2 Å². The maximum atomic E-state index is 16.5. The van der Waals surface area contributed by atoms with Gasteiger partial charge in [-0.3, -0.25) is 18.9 Å². The molecular weight excluding hydrogens is 510 g/mol. The van der Waals surface area contributed by atoms with E-state index in [0.29, 0.717) is 0 Å². The number of nitrogen functional groups attached to an aromatic ring is 1. The fourth-order valence-corrected chi connectivity index (χ4v) is 5.88. The van der Waals surface area contributed by atoms with Crippen LogP contribution in [0.4, 0.5) is 10.3 Å². The van der Waals surface area contributed by atoms with Gasteiger partial charge in [0.05, 0.1) is 6.33 Å². The average Bonchev–Trinajstić information content (AvgIpc) is 3.44. The van der Waals surface area contributed by atoms with Crippen molar-refractivity contribution in [3.63, 3.8) is 0 Å². The van der Waals surface area contributed by atoms with Gasteiger partial charge in [0.2, 0.25) is 5.95 Å².